The molecular weight excluding hydrogens is 803 g/mol. The molecule has 382 valence electrons. The molecule has 0 saturated carbocycles. The second-order valence-electron chi connectivity index (χ2n) is 19.6. The van der Waals surface area contributed by atoms with Crippen LogP contribution < -0.4 is 5.32 Å². The highest BCUT2D eigenvalue weighted by Crippen LogP contribution is 2.16. The van der Waals surface area contributed by atoms with E-state index in [1.165, 1.54) is 205 Å². The molecule has 0 aromatic rings. The van der Waals surface area contributed by atoms with Gasteiger partial charge in [-0.3, -0.25) is 9.59 Å². The van der Waals surface area contributed by atoms with Gasteiger partial charge in [0.2, 0.25) is 5.91 Å². The first-order chi connectivity index (χ1) is 32.0. The Labute approximate surface area is 404 Å². The van der Waals surface area contributed by atoms with E-state index in [4.69, 9.17) is 4.74 Å². The number of unbranched alkanes of at least 4 members (excludes halogenated alkanes) is 38. The number of esters is 1. The van der Waals surface area contributed by atoms with Gasteiger partial charge >= 0.3 is 5.97 Å². The minimum absolute atomic E-state index is 0.0205. The molecule has 0 radical (unpaired) electrons. The largest absolute Gasteiger partial charge is 0.466 e. The van der Waals surface area contributed by atoms with Gasteiger partial charge in [-0.05, 0) is 83.5 Å². The fourth-order valence-electron chi connectivity index (χ4n) is 8.68. The second kappa shape index (κ2) is 54.7. The summed E-state index contributed by atoms with van der Waals surface area (Å²) < 4.78 is 5.45. The van der Waals surface area contributed by atoms with Crippen LogP contribution in [0, 0.1) is 0 Å². The van der Waals surface area contributed by atoms with Gasteiger partial charge in [-0.15, -0.1) is 0 Å². The van der Waals surface area contributed by atoms with Crippen LogP contribution in [0.25, 0.3) is 0 Å². The fourth-order valence-corrected chi connectivity index (χ4v) is 8.68. The average Bonchev–Trinajstić information content (AvgIpc) is 3.31. The van der Waals surface area contributed by atoms with Gasteiger partial charge < -0.3 is 20.3 Å². The highest BCUT2D eigenvalue weighted by Gasteiger charge is 2.18. The van der Waals surface area contributed by atoms with E-state index in [1.54, 1.807) is 6.08 Å². The summed E-state index contributed by atoms with van der Waals surface area (Å²) in [7, 11) is 0. The zero-order valence-electron chi connectivity index (χ0n) is 43.5. The summed E-state index contributed by atoms with van der Waals surface area (Å²) in [5, 5.41) is 23.2. The number of aliphatic hydroxyl groups excluding tert-OH is 2. The van der Waals surface area contributed by atoms with E-state index in [0.717, 1.165) is 70.6 Å². The van der Waals surface area contributed by atoms with Crippen LogP contribution in [0.15, 0.2) is 36.5 Å². The highest BCUT2D eigenvalue weighted by molar-refractivity contribution is 5.76. The van der Waals surface area contributed by atoms with Crippen molar-refractivity contribution in [2.24, 2.45) is 0 Å². The standard InChI is InChI=1S/C59H111NO5/c1-3-5-7-9-11-13-15-17-18-19-20-21-22-24-28-31-35-39-43-47-51-57(62)56(55-61)60-58(63)52-48-44-40-36-32-29-25-23-26-30-34-38-42-46-50-54-65-59(64)53-49-45-41-37-33-27-16-14-12-10-8-6-4-2/h14,16,26,30,47,51,56-57,61-62H,3-13,15,17-25,27-29,31-46,48-50,52-55H2,1-2H3,(H,60,63)/b16-14-,30-26-,51-47+. The van der Waals surface area contributed by atoms with E-state index in [2.05, 4.69) is 43.5 Å². The van der Waals surface area contributed by atoms with E-state index < -0.39 is 12.1 Å². The molecule has 0 aliphatic carbocycles. The smallest absolute Gasteiger partial charge is 0.305 e. The maximum Gasteiger partial charge on any atom is 0.305 e. The van der Waals surface area contributed by atoms with Crippen molar-refractivity contribution in [2.45, 2.75) is 315 Å². The summed E-state index contributed by atoms with van der Waals surface area (Å²) in [5.74, 6) is -0.102. The number of ether oxygens (including phenoxy) is 1. The predicted octanol–water partition coefficient (Wildman–Crippen LogP) is 17.6. The number of hydrogen-bond donors (Lipinski definition) is 3. The number of amides is 1. The molecule has 1 amide bonds. The van der Waals surface area contributed by atoms with Crippen LogP contribution in [0.4, 0.5) is 0 Å². The molecule has 2 atom stereocenters. The molecule has 0 saturated heterocycles. The van der Waals surface area contributed by atoms with Crippen LogP contribution in [0.1, 0.15) is 303 Å². The third-order valence-electron chi connectivity index (χ3n) is 13.1. The molecule has 0 aromatic carbocycles. The SMILES string of the molecule is CCCCCC/C=C\CCCCCCCC(=O)OCCCCCC/C=C\CCCCCCCCCC(=O)NC(CO)C(O)/C=C/CCCCCCCCCCCCCCCCCCCC. The molecule has 0 heterocycles. The average molecular weight is 915 g/mol. The van der Waals surface area contributed by atoms with Crippen molar-refractivity contribution >= 4 is 11.9 Å². The van der Waals surface area contributed by atoms with Gasteiger partial charge in [-0.1, -0.05) is 243 Å². The molecule has 6 nitrogen and oxygen atoms in total. The van der Waals surface area contributed by atoms with E-state index >= 15 is 0 Å². The van der Waals surface area contributed by atoms with Crippen LogP contribution in [0.5, 0.6) is 0 Å². The predicted molar refractivity (Wildman–Crippen MR) is 283 cm³/mol. The number of hydrogen-bond acceptors (Lipinski definition) is 5. The van der Waals surface area contributed by atoms with Gasteiger partial charge in [-0.25, -0.2) is 0 Å². The number of nitrogens with one attached hydrogen (secondary N) is 1. The lowest BCUT2D eigenvalue weighted by molar-refractivity contribution is -0.143. The zero-order valence-corrected chi connectivity index (χ0v) is 43.5. The van der Waals surface area contributed by atoms with Crippen molar-refractivity contribution in [3.05, 3.63) is 36.5 Å². The topological polar surface area (TPSA) is 95.9 Å². The monoisotopic (exact) mass is 914 g/mol. The molecule has 0 aliphatic rings. The van der Waals surface area contributed by atoms with Crippen molar-refractivity contribution < 1.29 is 24.5 Å². The lowest BCUT2D eigenvalue weighted by Crippen LogP contribution is -2.45. The van der Waals surface area contributed by atoms with Crippen molar-refractivity contribution in [1.82, 2.24) is 5.32 Å². The van der Waals surface area contributed by atoms with Crippen LogP contribution in [-0.2, 0) is 14.3 Å². The summed E-state index contributed by atoms with van der Waals surface area (Å²) in [6.07, 6.45) is 67.3. The lowest BCUT2D eigenvalue weighted by atomic mass is 10.0. The Bertz CT molecular complexity index is 1060. The number of allylic oxidation sites excluding steroid dienone is 5. The van der Waals surface area contributed by atoms with Crippen LogP contribution in [0.2, 0.25) is 0 Å². The minimum atomic E-state index is -0.856. The third-order valence-corrected chi connectivity index (χ3v) is 13.1. The Balaban J connectivity index is 3.52. The number of carbonyl (C=O) groups is 2. The number of carbonyl (C=O) groups excluding carboxylic acids is 2. The Morgan fingerprint density at radius 3 is 1.11 bits per heavy atom. The van der Waals surface area contributed by atoms with Gasteiger partial charge in [0.25, 0.3) is 0 Å². The van der Waals surface area contributed by atoms with Crippen molar-refractivity contribution in [3.63, 3.8) is 0 Å². The van der Waals surface area contributed by atoms with Gasteiger partial charge in [-0.2, -0.15) is 0 Å². The van der Waals surface area contributed by atoms with Gasteiger partial charge in [0, 0.05) is 12.8 Å². The van der Waals surface area contributed by atoms with Crippen LogP contribution >= 0.6 is 0 Å². The molecule has 6 heteroatoms. The molecule has 65 heavy (non-hydrogen) atoms. The first-order valence-corrected chi connectivity index (χ1v) is 28.8. The first-order valence-electron chi connectivity index (χ1n) is 28.8. The molecule has 0 aliphatic heterocycles. The lowest BCUT2D eigenvalue weighted by Gasteiger charge is -2.20. The Morgan fingerprint density at radius 2 is 0.723 bits per heavy atom. The fraction of sp³-hybridized carbons (Fsp3) is 0.864. The summed E-state index contributed by atoms with van der Waals surface area (Å²) in [4.78, 5) is 24.5. The Morgan fingerprint density at radius 1 is 0.415 bits per heavy atom. The molecule has 3 N–H and O–H groups in total. The second-order valence-corrected chi connectivity index (χ2v) is 19.6. The Hall–Kier alpha value is -1.92. The normalized spacial score (nSPS) is 12.9. The summed E-state index contributed by atoms with van der Waals surface area (Å²) >= 11 is 0. The first kappa shape index (κ1) is 63.1. The van der Waals surface area contributed by atoms with Crippen LogP contribution in [-0.4, -0.2) is 47.4 Å². The van der Waals surface area contributed by atoms with Crippen molar-refractivity contribution in [2.75, 3.05) is 13.2 Å². The van der Waals surface area contributed by atoms with Gasteiger partial charge in [0.1, 0.15) is 0 Å². The molecule has 0 spiro atoms. The minimum Gasteiger partial charge on any atom is -0.466 e. The van der Waals surface area contributed by atoms with Crippen LogP contribution in [0.3, 0.4) is 0 Å². The third kappa shape index (κ3) is 51.3. The van der Waals surface area contributed by atoms with E-state index in [-0.39, 0.29) is 18.5 Å². The summed E-state index contributed by atoms with van der Waals surface area (Å²) in [6, 6.07) is -0.640. The van der Waals surface area contributed by atoms with Gasteiger partial charge in [0.15, 0.2) is 0 Å². The summed E-state index contributed by atoms with van der Waals surface area (Å²) in [6.45, 7) is 4.86. The summed E-state index contributed by atoms with van der Waals surface area (Å²) in [5.41, 5.74) is 0. The molecule has 0 aromatic heterocycles. The van der Waals surface area contributed by atoms with E-state index in [1.807, 2.05) is 6.08 Å². The van der Waals surface area contributed by atoms with Crippen molar-refractivity contribution in [1.29, 1.82) is 0 Å². The van der Waals surface area contributed by atoms with Gasteiger partial charge in [0.05, 0.1) is 25.4 Å². The zero-order chi connectivity index (χ0) is 47.2. The number of aliphatic hydroxyl groups is 2. The maximum absolute atomic E-state index is 12.5. The molecule has 0 fully saturated rings. The molecular formula is C59H111NO5. The number of rotatable bonds is 53. The molecule has 0 rings (SSSR count). The van der Waals surface area contributed by atoms with Crippen molar-refractivity contribution in [3.8, 4) is 0 Å². The molecule has 0 bridgehead atoms. The van der Waals surface area contributed by atoms with E-state index in [0.29, 0.717) is 19.4 Å². The van der Waals surface area contributed by atoms with E-state index in [9.17, 15) is 19.8 Å². The molecule has 2 unspecified atom stereocenters. The highest BCUT2D eigenvalue weighted by atomic mass is 16.5. The maximum atomic E-state index is 12.5. The Kier molecular flexibility index (Phi) is 53.1. The quantitative estimate of drug-likeness (QED) is 0.0321.